The van der Waals surface area contributed by atoms with E-state index in [2.05, 4.69) is 4.74 Å². The summed E-state index contributed by atoms with van der Waals surface area (Å²) in [7, 11) is 0. The summed E-state index contributed by atoms with van der Waals surface area (Å²) in [5.41, 5.74) is 0.540. The SMILES string of the molecule is Cc1cc(Cl)c(Cl)c(OC(F)(F)F)c1. The van der Waals surface area contributed by atoms with Crippen LogP contribution in [-0.4, -0.2) is 6.36 Å². The van der Waals surface area contributed by atoms with E-state index in [0.29, 0.717) is 5.56 Å². The van der Waals surface area contributed by atoms with Crippen LogP contribution in [-0.2, 0) is 0 Å². The van der Waals surface area contributed by atoms with Gasteiger partial charge in [-0.05, 0) is 24.6 Å². The van der Waals surface area contributed by atoms with Crippen molar-refractivity contribution in [2.75, 3.05) is 0 Å². The van der Waals surface area contributed by atoms with Crippen LogP contribution >= 0.6 is 23.2 Å². The zero-order valence-corrected chi connectivity index (χ0v) is 8.46. The maximum absolute atomic E-state index is 11.9. The molecule has 0 saturated heterocycles. The molecule has 0 amide bonds. The molecule has 0 aliphatic heterocycles. The number of rotatable bonds is 1. The second-order valence-electron chi connectivity index (χ2n) is 2.61. The molecule has 6 heteroatoms. The second-order valence-corrected chi connectivity index (χ2v) is 3.39. The van der Waals surface area contributed by atoms with Gasteiger partial charge in [0, 0.05) is 0 Å². The van der Waals surface area contributed by atoms with Gasteiger partial charge in [-0.2, -0.15) is 0 Å². The van der Waals surface area contributed by atoms with Crippen LogP contribution in [0.5, 0.6) is 5.75 Å². The van der Waals surface area contributed by atoms with Gasteiger partial charge in [0.1, 0.15) is 10.8 Å². The Morgan fingerprint density at radius 1 is 1.21 bits per heavy atom. The Hall–Kier alpha value is -0.610. The maximum atomic E-state index is 11.9. The molecule has 0 unspecified atom stereocenters. The zero-order valence-electron chi connectivity index (χ0n) is 6.95. The van der Waals surface area contributed by atoms with Gasteiger partial charge in [0.15, 0.2) is 0 Å². The average Bonchev–Trinajstić information content (AvgIpc) is 1.96. The molecule has 1 aromatic rings. The number of alkyl halides is 3. The number of halogens is 5. The Morgan fingerprint density at radius 3 is 2.29 bits per heavy atom. The Labute approximate surface area is 88.4 Å². The fourth-order valence-electron chi connectivity index (χ4n) is 0.892. The number of hydrogen-bond acceptors (Lipinski definition) is 1. The predicted octanol–water partition coefficient (Wildman–Crippen LogP) is 4.20. The molecule has 1 rings (SSSR count). The summed E-state index contributed by atoms with van der Waals surface area (Å²) >= 11 is 11.1. The van der Waals surface area contributed by atoms with Crippen molar-refractivity contribution < 1.29 is 17.9 Å². The molecule has 0 bridgehead atoms. The summed E-state index contributed by atoms with van der Waals surface area (Å²) < 4.78 is 39.3. The summed E-state index contributed by atoms with van der Waals surface area (Å²) in [5, 5.41) is -0.208. The third-order valence-corrected chi connectivity index (χ3v) is 2.15. The third kappa shape index (κ3) is 2.96. The van der Waals surface area contributed by atoms with Crippen molar-refractivity contribution in [2.24, 2.45) is 0 Å². The van der Waals surface area contributed by atoms with Crippen LogP contribution in [0, 0.1) is 6.92 Å². The minimum Gasteiger partial charge on any atom is -0.404 e. The highest BCUT2D eigenvalue weighted by molar-refractivity contribution is 6.43. The molecule has 0 atom stereocenters. The third-order valence-electron chi connectivity index (χ3n) is 1.36. The largest absolute Gasteiger partial charge is 0.573 e. The van der Waals surface area contributed by atoms with Gasteiger partial charge in [-0.1, -0.05) is 23.2 Å². The lowest BCUT2D eigenvalue weighted by Crippen LogP contribution is -2.17. The summed E-state index contributed by atoms with van der Waals surface area (Å²) in [6.07, 6.45) is -4.76. The molecule has 0 radical (unpaired) electrons. The summed E-state index contributed by atoms with van der Waals surface area (Å²) in [4.78, 5) is 0. The highest BCUT2D eigenvalue weighted by Gasteiger charge is 2.32. The van der Waals surface area contributed by atoms with Crippen molar-refractivity contribution in [1.82, 2.24) is 0 Å². The predicted molar refractivity (Wildman–Crippen MR) is 47.9 cm³/mol. The first-order valence-electron chi connectivity index (χ1n) is 3.51. The van der Waals surface area contributed by atoms with E-state index in [0.717, 1.165) is 0 Å². The van der Waals surface area contributed by atoms with Gasteiger partial charge >= 0.3 is 6.36 Å². The molecule has 0 fully saturated rings. The van der Waals surface area contributed by atoms with E-state index in [1.165, 1.54) is 12.1 Å². The molecule has 1 nitrogen and oxygen atoms in total. The molecule has 0 saturated carbocycles. The normalized spacial score (nSPS) is 11.6. The Kier molecular flexibility index (Phi) is 3.17. The summed E-state index contributed by atoms with van der Waals surface area (Å²) in [6.45, 7) is 1.59. The van der Waals surface area contributed by atoms with E-state index in [1.54, 1.807) is 6.92 Å². The molecule has 78 valence electrons. The smallest absolute Gasteiger partial charge is 0.404 e. The van der Waals surface area contributed by atoms with E-state index in [1.807, 2.05) is 0 Å². The van der Waals surface area contributed by atoms with Crippen molar-refractivity contribution in [1.29, 1.82) is 0 Å². The van der Waals surface area contributed by atoms with Crippen molar-refractivity contribution >= 4 is 23.2 Å². The van der Waals surface area contributed by atoms with E-state index in [4.69, 9.17) is 23.2 Å². The Balaban J connectivity index is 3.09. The lowest BCUT2D eigenvalue weighted by molar-refractivity contribution is -0.274. The minimum absolute atomic E-state index is 0.0333. The van der Waals surface area contributed by atoms with E-state index < -0.39 is 12.1 Å². The lowest BCUT2D eigenvalue weighted by atomic mass is 10.2. The van der Waals surface area contributed by atoms with Gasteiger partial charge in [-0.25, -0.2) is 0 Å². The fraction of sp³-hybridized carbons (Fsp3) is 0.250. The van der Waals surface area contributed by atoms with Gasteiger partial charge in [-0.3, -0.25) is 0 Å². The molecule has 0 aliphatic rings. The second kappa shape index (κ2) is 3.87. The van der Waals surface area contributed by atoms with Crippen molar-refractivity contribution in [2.45, 2.75) is 13.3 Å². The molecule has 0 aliphatic carbocycles. The van der Waals surface area contributed by atoms with Gasteiger partial charge in [0.25, 0.3) is 0 Å². The van der Waals surface area contributed by atoms with Crippen LogP contribution in [0.3, 0.4) is 0 Å². The summed E-state index contributed by atoms with van der Waals surface area (Å²) in [6, 6.07) is 2.62. The minimum atomic E-state index is -4.76. The molecule has 14 heavy (non-hydrogen) atoms. The van der Waals surface area contributed by atoms with E-state index in [-0.39, 0.29) is 10.0 Å². The van der Waals surface area contributed by atoms with Gasteiger partial charge < -0.3 is 4.74 Å². The highest BCUT2D eigenvalue weighted by atomic mass is 35.5. The standard InChI is InChI=1S/C8H5Cl2F3O/c1-4-2-5(9)7(10)6(3-4)14-8(11,12)13/h2-3H,1H3. The molecular formula is C8H5Cl2F3O. The fourth-order valence-corrected chi connectivity index (χ4v) is 1.30. The maximum Gasteiger partial charge on any atom is 0.573 e. The van der Waals surface area contributed by atoms with Crippen molar-refractivity contribution in [3.05, 3.63) is 27.7 Å². The van der Waals surface area contributed by atoms with Gasteiger partial charge in [0.05, 0.1) is 5.02 Å². The Bertz CT molecular complexity index is 349. The first kappa shape index (κ1) is 11.5. The Morgan fingerprint density at radius 2 is 1.79 bits per heavy atom. The van der Waals surface area contributed by atoms with Crippen molar-refractivity contribution in [3.8, 4) is 5.75 Å². The highest BCUT2D eigenvalue weighted by Crippen LogP contribution is 2.36. The average molecular weight is 245 g/mol. The van der Waals surface area contributed by atoms with Crippen LogP contribution in [0.15, 0.2) is 12.1 Å². The molecule has 0 N–H and O–H groups in total. The number of hydrogen-bond donors (Lipinski definition) is 0. The zero-order chi connectivity index (χ0) is 10.9. The topological polar surface area (TPSA) is 9.23 Å². The monoisotopic (exact) mass is 244 g/mol. The first-order chi connectivity index (χ1) is 6.29. The van der Waals surface area contributed by atoms with E-state index in [9.17, 15) is 13.2 Å². The van der Waals surface area contributed by atoms with Crippen LogP contribution in [0.1, 0.15) is 5.56 Å². The van der Waals surface area contributed by atoms with Gasteiger partial charge in [0.2, 0.25) is 0 Å². The number of benzene rings is 1. The number of aryl methyl sites for hydroxylation is 1. The molecule has 1 aromatic carbocycles. The molecular weight excluding hydrogens is 240 g/mol. The van der Waals surface area contributed by atoms with E-state index >= 15 is 0 Å². The number of ether oxygens (including phenoxy) is 1. The summed E-state index contributed by atoms with van der Waals surface area (Å²) in [5.74, 6) is -0.482. The lowest BCUT2D eigenvalue weighted by Gasteiger charge is -2.11. The quantitative estimate of drug-likeness (QED) is 0.720. The first-order valence-corrected chi connectivity index (χ1v) is 4.26. The van der Waals surface area contributed by atoms with Crippen molar-refractivity contribution in [3.63, 3.8) is 0 Å². The van der Waals surface area contributed by atoms with Crippen LogP contribution < -0.4 is 4.74 Å². The van der Waals surface area contributed by atoms with Gasteiger partial charge in [-0.15, -0.1) is 13.2 Å². The molecule has 0 aromatic heterocycles. The van der Waals surface area contributed by atoms with Crippen LogP contribution in [0.25, 0.3) is 0 Å². The van der Waals surface area contributed by atoms with Crippen LogP contribution in [0.2, 0.25) is 10.0 Å². The van der Waals surface area contributed by atoms with Crippen LogP contribution in [0.4, 0.5) is 13.2 Å². The molecule has 0 spiro atoms. The molecule has 0 heterocycles.